The number of nitrogens with zero attached hydrogens (tertiary/aromatic N) is 1. The van der Waals surface area contributed by atoms with E-state index < -0.39 is 10.0 Å². The van der Waals surface area contributed by atoms with E-state index in [4.69, 9.17) is 0 Å². The molecule has 21 heavy (non-hydrogen) atoms. The van der Waals surface area contributed by atoms with Crippen LogP contribution < -0.4 is 9.62 Å². The van der Waals surface area contributed by atoms with Crippen LogP contribution >= 0.6 is 0 Å². The van der Waals surface area contributed by atoms with Crippen molar-refractivity contribution in [3.63, 3.8) is 0 Å². The number of aryl methyl sites for hydroxylation is 1. The molecule has 0 saturated heterocycles. The monoisotopic (exact) mass is 312 g/mol. The molecule has 0 radical (unpaired) electrons. The molecular formula is C15H24N2O3S. The highest BCUT2D eigenvalue weighted by Crippen LogP contribution is 2.22. The van der Waals surface area contributed by atoms with Crippen molar-refractivity contribution >= 4 is 21.6 Å². The summed E-state index contributed by atoms with van der Waals surface area (Å²) in [4.78, 5) is 12.1. The molecule has 1 atom stereocenters. The molecule has 1 amide bonds. The third kappa shape index (κ3) is 4.74. The Kier molecular flexibility index (Phi) is 5.78. The molecule has 1 aromatic rings. The third-order valence-corrected chi connectivity index (χ3v) is 4.59. The Morgan fingerprint density at radius 1 is 1.38 bits per heavy atom. The van der Waals surface area contributed by atoms with E-state index in [1.165, 1.54) is 11.4 Å². The minimum absolute atomic E-state index is 0.126. The van der Waals surface area contributed by atoms with Crippen molar-refractivity contribution in [2.24, 2.45) is 0 Å². The highest BCUT2D eigenvalue weighted by atomic mass is 32.2. The Balaban J connectivity index is 2.95. The summed E-state index contributed by atoms with van der Waals surface area (Å²) in [5.74, 6) is -0.132. The number of carbonyl (C=O) groups is 1. The topological polar surface area (TPSA) is 66.5 Å². The molecule has 0 aliphatic heterocycles. The SMILES string of the molecule is CCC[C@H](C)NC(=O)c1ccc(N(C)S(C)(=O)=O)c(C)c1. The van der Waals surface area contributed by atoms with Crippen molar-refractivity contribution < 1.29 is 13.2 Å². The summed E-state index contributed by atoms with van der Waals surface area (Å²) >= 11 is 0. The number of nitrogens with one attached hydrogen (secondary N) is 1. The van der Waals surface area contributed by atoms with Gasteiger partial charge in [0.1, 0.15) is 0 Å². The highest BCUT2D eigenvalue weighted by molar-refractivity contribution is 7.92. The minimum atomic E-state index is -3.31. The zero-order valence-corrected chi connectivity index (χ0v) is 14.1. The van der Waals surface area contributed by atoms with Gasteiger partial charge in [-0.05, 0) is 44.0 Å². The molecular weight excluding hydrogens is 288 g/mol. The summed E-state index contributed by atoms with van der Waals surface area (Å²) in [6, 6.07) is 5.15. The number of hydrogen-bond donors (Lipinski definition) is 1. The molecule has 1 N–H and O–H groups in total. The van der Waals surface area contributed by atoms with Crippen LogP contribution in [0.15, 0.2) is 18.2 Å². The molecule has 0 spiro atoms. The smallest absolute Gasteiger partial charge is 0.251 e. The van der Waals surface area contributed by atoms with E-state index in [1.54, 1.807) is 25.1 Å². The lowest BCUT2D eigenvalue weighted by Gasteiger charge is -2.20. The van der Waals surface area contributed by atoms with E-state index in [2.05, 4.69) is 12.2 Å². The number of benzene rings is 1. The number of hydrogen-bond acceptors (Lipinski definition) is 3. The zero-order valence-electron chi connectivity index (χ0n) is 13.3. The van der Waals surface area contributed by atoms with Gasteiger partial charge in [-0.3, -0.25) is 9.10 Å². The highest BCUT2D eigenvalue weighted by Gasteiger charge is 2.16. The first-order valence-corrected chi connectivity index (χ1v) is 8.87. The van der Waals surface area contributed by atoms with Crippen LogP contribution in [0, 0.1) is 6.92 Å². The Morgan fingerprint density at radius 2 is 2.00 bits per heavy atom. The Morgan fingerprint density at radius 3 is 2.48 bits per heavy atom. The molecule has 0 bridgehead atoms. The van der Waals surface area contributed by atoms with Gasteiger partial charge in [-0.2, -0.15) is 0 Å². The van der Waals surface area contributed by atoms with Crippen molar-refractivity contribution in [2.45, 2.75) is 39.7 Å². The average Bonchev–Trinajstić information content (AvgIpc) is 2.36. The van der Waals surface area contributed by atoms with Gasteiger partial charge in [-0.15, -0.1) is 0 Å². The molecule has 0 heterocycles. The Hall–Kier alpha value is -1.56. The maximum atomic E-state index is 12.1. The second-order valence-electron chi connectivity index (χ2n) is 5.39. The number of rotatable bonds is 6. The Labute approximate surface area is 127 Å². The number of anilines is 1. The lowest BCUT2D eigenvalue weighted by atomic mass is 10.1. The van der Waals surface area contributed by atoms with Crippen LogP contribution in [0.3, 0.4) is 0 Å². The standard InChI is InChI=1S/C15H24N2O3S/c1-6-7-12(3)16-15(18)13-8-9-14(11(2)10-13)17(4)21(5,19)20/h8-10,12H,6-7H2,1-5H3,(H,16,18)/t12-/m0/s1. The zero-order chi connectivity index (χ0) is 16.2. The fourth-order valence-electron chi connectivity index (χ4n) is 2.14. The maximum Gasteiger partial charge on any atom is 0.251 e. The second kappa shape index (κ2) is 6.93. The molecule has 0 aliphatic carbocycles. The van der Waals surface area contributed by atoms with Crippen LogP contribution in [-0.2, 0) is 10.0 Å². The molecule has 0 aromatic heterocycles. The fourth-order valence-corrected chi connectivity index (χ4v) is 2.70. The van der Waals surface area contributed by atoms with Crippen molar-refractivity contribution in [3.05, 3.63) is 29.3 Å². The van der Waals surface area contributed by atoms with Gasteiger partial charge in [0.05, 0.1) is 11.9 Å². The molecule has 0 aliphatic rings. The Bertz CT molecular complexity index is 611. The van der Waals surface area contributed by atoms with E-state index >= 15 is 0 Å². The third-order valence-electron chi connectivity index (χ3n) is 3.39. The summed E-state index contributed by atoms with van der Waals surface area (Å²) in [7, 11) is -1.80. The molecule has 1 rings (SSSR count). The van der Waals surface area contributed by atoms with E-state index in [9.17, 15) is 13.2 Å². The quantitative estimate of drug-likeness (QED) is 0.876. The lowest BCUT2D eigenvalue weighted by molar-refractivity contribution is 0.0938. The average molecular weight is 312 g/mol. The van der Waals surface area contributed by atoms with Gasteiger partial charge in [0.15, 0.2) is 0 Å². The normalized spacial score (nSPS) is 12.8. The number of carbonyl (C=O) groups excluding carboxylic acids is 1. The molecule has 0 unspecified atom stereocenters. The lowest BCUT2D eigenvalue weighted by Crippen LogP contribution is -2.32. The first-order valence-electron chi connectivity index (χ1n) is 7.02. The predicted octanol–water partition coefficient (Wildman–Crippen LogP) is 2.31. The van der Waals surface area contributed by atoms with Crippen LogP contribution in [0.5, 0.6) is 0 Å². The van der Waals surface area contributed by atoms with E-state index in [0.29, 0.717) is 11.3 Å². The van der Waals surface area contributed by atoms with Crippen LogP contribution in [0.1, 0.15) is 42.6 Å². The minimum Gasteiger partial charge on any atom is -0.350 e. The van der Waals surface area contributed by atoms with Crippen LogP contribution in [-0.4, -0.2) is 33.7 Å². The van der Waals surface area contributed by atoms with Gasteiger partial charge in [0, 0.05) is 18.7 Å². The fraction of sp³-hybridized carbons (Fsp3) is 0.533. The van der Waals surface area contributed by atoms with Crippen molar-refractivity contribution in [3.8, 4) is 0 Å². The molecule has 0 fully saturated rings. The summed E-state index contributed by atoms with van der Waals surface area (Å²) in [6.07, 6.45) is 3.09. The van der Waals surface area contributed by atoms with Gasteiger partial charge < -0.3 is 5.32 Å². The largest absolute Gasteiger partial charge is 0.350 e. The van der Waals surface area contributed by atoms with Crippen LogP contribution in [0.2, 0.25) is 0 Å². The van der Waals surface area contributed by atoms with Crippen molar-refractivity contribution in [2.75, 3.05) is 17.6 Å². The second-order valence-corrected chi connectivity index (χ2v) is 7.41. The first kappa shape index (κ1) is 17.5. The van der Waals surface area contributed by atoms with Gasteiger partial charge in [0.25, 0.3) is 5.91 Å². The number of sulfonamides is 1. The molecule has 5 nitrogen and oxygen atoms in total. The summed E-state index contributed by atoms with van der Waals surface area (Å²) in [5, 5.41) is 2.93. The molecule has 0 saturated carbocycles. The van der Waals surface area contributed by atoms with Gasteiger partial charge in [0.2, 0.25) is 10.0 Å². The van der Waals surface area contributed by atoms with Crippen molar-refractivity contribution in [1.29, 1.82) is 0 Å². The summed E-state index contributed by atoms with van der Waals surface area (Å²) < 4.78 is 24.3. The van der Waals surface area contributed by atoms with Gasteiger partial charge in [-0.25, -0.2) is 8.42 Å². The van der Waals surface area contributed by atoms with Gasteiger partial charge >= 0.3 is 0 Å². The van der Waals surface area contributed by atoms with Gasteiger partial charge in [-0.1, -0.05) is 13.3 Å². The molecule has 1 aromatic carbocycles. The maximum absolute atomic E-state index is 12.1. The summed E-state index contributed by atoms with van der Waals surface area (Å²) in [5.41, 5.74) is 1.87. The van der Waals surface area contributed by atoms with Crippen LogP contribution in [0.25, 0.3) is 0 Å². The predicted molar refractivity (Wildman–Crippen MR) is 86.3 cm³/mol. The number of amides is 1. The van der Waals surface area contributed by atoms with E-state index in [1.807, 2.05) is 6.92 Å². The summed E-state index contributed by atoms with van der Waals surface area (Å²) in [6.45, 7) is 5.84. The molecule has 118 valence electrons. The van der Waals surface area contributed by atoms with E-state index in [-0.39, 0.29) is 11.9 Å². The van der Waals surface area contributed by atoms with E-state index in [0.717, 1.165) is 24.7 Å². The first-order chi connectivity index (χ1) is 9.66. The van der Waals surface area contributed by atoms with Crippen molar-refractivity contribution in [1.82, 2.24) is 5.32 Å². The van der Waals surface area contributed by atoms with Crippen LogP contribution in [0.4, 0.5) is 5.69 Å². The molecule has 6 heteroatoms.